The third kappa shape index (κ3) is 2.10. The van der Waals surface area contributed by atoms with Gasteiger partial charge in [0, 0.05) is 49.5 Å². The fourth-order valence-corrected chi connectivity index (χ4v) is 9.20. The Hall–Kier alpha value is -0.450. The molecule has 6 aliphatic rings. The van der Waals surface area contributed by atoms with Crippen LogP contribution in [0, 0.1) is 28.6 Å². The van der Waals surface area contributed by atoms with E-state index in [2.05, 4.69) is 30.7 Å². The molecule has 0 aromatic heterocycles. The first-order valence-corrected chi connectivity index (χ1v) is 12.0. The van der Waals surface area contributed by atoms with Gasteiger partial charge >= 0.3 is 0 Å². The minimum Gasteiger partial charge on any atom is -0.365 e. The summed E-state index contributed by atoms with van der Waals surface area (Å²) in [6.45, 7) is 9.77. The molecule has 0 aromatic carbocycles. The fourth-order valence-electron chi connectivity index (χ4n) is 9.20. The van der Waals surface area contributed by atoms with Crippen LogP contribution in [0.3, 0.4) is 0 Å². The van der Waals surface area contributed by atoms with Crippen molar-refractivity contribution < 1.29 is 9.53 Å². The summed E-state index contributed by atoms with van der Waals surface area (Å²) in [5.41, 5.74) is 0.420. The number of likely N-dealkylation sites (N-methyl/N-ethyl adjacent to an activating group) is 1. The van der Waals surface area contributed by atoms with Crippen molar-refractivity contribution in [2.45, 2.75) is 83.0 Å². The minimum absolute atomic E-state index is 0.0234. The summed E-state index contributed by atoms with van der Waals surface area (Å²) in [7, 11) is 2.26. The summed E-state index contributed by atoms with van der Waals surface area (Å²) in [6.07, 6.45) is 10.0. The summed E-state index contributed by atoms with van der Waals surface area (Å²) in [4.78, 5) is 18.1. The van der Waals surface area contributed by atoms with Crippen LogP contribution < -0.4 is 0 Å². The lowest BCUT2D eigenvalue weighted by atomic mass is 9.44. The lowest BCUT2D eigenvalue weighted by molar-refractivity contribution is -0.147. The van der Waals surface area contributed by atoms with Crippen LogP contribution >= 0.6 is 0 Å². The van der Waals surface area contributed by atoms with Crippen LogP contribution in [0.1, 0.15) is 65.2 Å². The van der Waals surface area contributed by atoms with Gasteiger partial charge in [-0.2, -0.15) is 0 Å². The average Bonchev–Trinajstić information content (AvgIpc) is 3.30. The molecular weight excluding hydrogens is 348 g/mol. The number of hydrogen-bond donors (Lipinski definition) is 0. The molecule has 2 aliphatic heterocycles. The summed E-state index contributed by atoms with van der Waals surface area (Å²) in [5, 5.41) is 0. The van der Waals surface area contributed by atoms with E-state index in [1.54, 1.807) is 0 Å². The number of fused-ring (bicyclic) bond motifs is 4. The highest BCUT2D eigenvalue weighted by molar-refractivity contribution is 5.87. The normalized spacial score (nSPS) is 56.5. The summed E-state index contributed by atoms with van der Waals surface area (Å²) >= 11 is 0. The molecule has 2 heterocycles. The molecule has 4 heteroatoms. The number of rotatable bonds is 1. The van der Waals surface area contributed by atoms with Gasteiger partial charge in [0.15, 0.2) is 0 Å². The van der Waals surface area contributed by atoms with Crippen LogP contribution in [0.4, 0.5) is 0 Å². The van der Waals surface area contributed by atoms with E-state index in [0.29, 0.717) is 29.8 Å². The average molecular weight is 387 g/mol. The quantitative estimate of drug-likeness (QED) is 0.648. The van der Waals surface area contributed by atoms with Crippen molar-refractivity contribution in [3.05, 3.63) is 0 Å². The molecule has 4 nitrogen and oxygen atoms in total. The highest BCUT2D eigenvalue weighted by atomic mass is 16.6. The SMILES string of the molecule is CN1CCN(C2CCCC34OC3C[C@@H]3[C@@H](CC[C@]5(C)C(=O)CC[C@@H]35)[C@@]24C)CC1. The number of hydrogen-bond acceptors (Lipinski definition) is 4. The second-order valence-electron chi connectivity index (χ2n) is 11.6. The Kier molecular flexibility index (Phi) is 3.81. The zero-order chi connectivity index (χ0) is 19.3. The molecule has 0 N–H and O–H groups in total. The summed E-state index contributed by atoms with van der Waals surface area (Å²) in [5.74, 6) is 2.64. The fraction of sp³-hybridized carbons (Fsp3) is 0.958. The van der Waals surface area contributed by atoms with Crippen molar-refractivity contribution in [2.24, 2.45) is 28.6 Å². The Morgan fingerprint density at radius 1 is 1.00 bits per heavy atom. The molecule has 156 valence electrons. The first-order chi connectivity index (χ1) is 13.4. The smallest absolute Gasteiger partial charge is 0.139 e. The number of ether oxygens (including phenoxy) is 1. The first kappa shape index (κ1) is 18.3. The molecule has 6 rings (SSSR count). The number of piperazine rings is 1. The monoisotopic (exact) mass is 386 g/mol. The van der Waals surface area contributed by atoms with Gasteiger partial charge in [-0.1, -0.05) is 13.8 Å². The van der Waals surface area contributed by atoms with Crippen molar-refractivity contribution >= 4 is 5.78 Å². The molecule has 4 aliphatic carbocycles. The van der Waals surface area contributed by atoms with Crippen LogP contribution in [0.2, 0.25) is 0 Å². The molecule has 0 aromatic rings. The molecule has 3 unspecified atom stereocenters. The van der Waals surface area contributed by atoms with E-state index in [1.807, 2.05) is 0 Å². The van der Waals surface area contributed by atoms with Gasteiger partial charge < -0.3 is 9.64 Å². The number of ketones is 1. The predicted octanol–water partition coefficient (Wildman–Crippen LogP) is 3.35. The van der Waals surface area contributed by atoms with E-state index in [4.69, 9.17) is 4.74 Å². The van der Waals surface area contributed by atoms with Crippen LogP contribution in [-0.2, 0) is 9.53 Å². The molecule has 0 bridgehead atoms. The Morgan fingerprint density at radius 3 is 2.57 bits per heavy atom. The lowest BCUT2D eigenvalue weighted by Crippen LogP contribution is -2.67. The lowest BCUT2D eigenvalue weighted by Gasteiger charge is -2.62. The van der Waals surface area contributed by atoms with E-state index in [1.165, 1.54) is 58.3 Å². The number of carbonyl (C=O) groups excluding carboxylic acids is 1. The highest BCUT2D eigenvalue weighted by Gasteiger charge is 2.77. The Balaban J connectivity index is 1.37. The molecular formula is C24H38N2O2. The van der Waals surface area contributed by atoms with Crippen molar-refractivity contribution in [2.75, 3.05) is 33.2 Å². The van der Waals surface area contributed by atoms with Crippen molar-refractivity contribution in [3.63, 3.8) is 0 Å². The molecule has 0 radical (unpaired) electrons. The molecule has 0 amide bonds. The van der Waals surface area contributed by atoms with Crippen LogP contribution in [0.25, 0.3) is 0 Å². The Morgan fingerprint density at radius 2 is 1.79 bits per heavy atom. The van der Waals surface area contributed by atoms with Crippen LogP contribution in [-0.4, -0.2) is 66.6 Å². The number of Topliss-reactive ketones (excluding diaryl/α,β-unsaturated/α-hetero) is 1. The van der Waals surface area contributed by atoms with E-state index in [9.17, 15) is 4.79 Å². The van der Waals surface area contributed by atoms with Gasteiger partial charge in [0.05, 0.1) is 6.10 Å². The maximum absolute atomic E-state index is 12.8. The van der Waals surface area contributed by atoms with E-state index < -0.39 is 0 Å². The van der Waals surface area contributed by atoms with E-state index in [-0.39, 0.29) is 16.4 Å². The largest absolute Gasteiger partial charge is 0.365 e. The minimum atomic E-state index is -0.0234. The van der Waals surface area contributed by atoms with Crippen molar-refractivity contribution in [1.82, 2.24) is 9.80 Å². The van der Waals surface area contributed by atoms with E-state index >= 15 is 0 Å². The number of epoxide rings is 1. The second kappa shape index (κ2) is 5.82. The Bertz CT molecular complexity index is 688. The maximum Gasteiger partial charge on any atom is 0.139 e. The molecule has 8 atom stereocenters. The van der Waals surface area contributed by atoms with Gasteiger partial charge in [0.1, 0.15) is 11.4 Å². The summed E-state index contributed by atoms with van der Waals surface area (Å²) < 4.78 is 6.69. The molecule has 28 heavy (non-hydrogen) atoms. The maximum atomic E-state index is 12.8. The van der Waals surface area contributed by atoms with Crippen molar-refractivity contribution in [3.8, 4) is 0 Å². The number of carbonyl (C=O) groups is 1. The zero-order valence-corrected chi connectivity index (χ0v) is 18.1. The topological polar surface area (TPSA) is 36.1 Å². The predicted molar refractivity (Wildman–Crippen MR) is 109 cm³/mol. The molecule has 2 saturated heterocycles. The van der Waals surface area contributed by atoms with Crippen LogP contribution in [0.5, 0.6) is 0 Å². The summed E-state index contributed by atoms with van der Waals surface area (Å²) in [6, 6.07) is 0.675. The van der Waals surface area contributed by atoms with E-state index in [0.717, 1.165) is 25.2 Å². The molecule has 1 spiro atoms. The van der Waals surface area contributed by atoms with Gasteiger partial charge in [-0.3, -0.25) is 9.69 Å². The van der Waals surface area contributed by atoms with Gasteiger partial charge in [-0.05, 0) is 69.7 Å². The van der Waals surface area contributed by atoms with Crippen LogP contribution in [0.15, 0.2) is 0 Å². The number of nitrogens with zero attached hydrogens (tertiary/aromatic N) is 2. The molecule has 4 saturated carbocycles. The van der Waals surface area contributed by atoms with Crippen molar-refractivity contribution in [1.29, 1.82) is 0 Å². The zero-order valence-electron chi connectivity index (χ0n) is 18.1. The highest BCUT2D eigenvalue weighted by Crippen LogP contribution is 2.73. The van der Waals surface area contributed by atoms with Gasteiger partial charge in [0.25, 0.3) is 0 Å². The standard InChI is InChI=1S/C24H38N2O2/c1-22-10-8-18-16(17(22)6-7-20(22)27)15-21-24(28-21)9-4-5-19(23(18,24)2)26-13-11-25(3)12-14-26/h16-19,21H,4-15H2,1-3H3/t16-,17-,18+,19?,21?,22-,23-,24?/m0/s1. The van der Waals surface area contributed by atoms with Gasteiger partial charge in [-0.25, -0.2) is 0 Å². The van der Waals surface area contributed by atoms with Gasteiger partial charge in [-0.15, -0.1) is 0 Å². The third-order valence-corrected chi connectivity index (χ3v) is 10.8. The van der Waals surface area contributed by atoms with Gasteiger partial charge in [0.2, 0.25) is 0 Å². The second-order valence-corrected chi connectivity index (χ2v) is 11.6. The third-order valence-electron chi connectivity index (χ3n) is 10.8. The Labute approximate surface area is 170 Å². The first-order valence-electron chi connectivity index (χ1n) is 12.0. The molecule has 6 fully saturated rings.